The zero-order chi connectivity index (χ0) is 7.73. The molecule has 2 aliphatic rings. The summed E-state index contributed by atoms with van der Waals surface area (Å²) in [6.07, 6.45) is 12.4. The number of fused-ring (bicyclic) bond motifs is 1. The van der Waals surface area contributed by atoms with Crippen LogP contribution in [0.1, 0.15) is 38.5 Å². The van der Waals surface area contributed by atoms with Gasteiger partial charge in [0.1, 0.15) is 0 Å². The summed E-state index contributed by atoms with van der Waals surface area (Å²) < 4.78 is 0. The molecule has 2 fully saturated rings. The quantitative estimate of drug-likeness (QED) is 0.447. The Balaban J connectivity index is 2.13. The van der Waals surface area contributed by atoms with E-state index in [2.05, 4.69) is 15.1 Å². The Morgan fingerprint density at radius 3 is 1.91 bits per heavy atom. The minimum atomic E-state index is -0.493. The molecule has 0 amide bonds. The molecular formula is C9H17PSe. The molecule has 0 aromatic carbocycles. The van der Waals surface area contributed by atoms with Crippen molar-refractivity contribution in [3.05, 3.63) is 0 Å². The van der Waals surface area contributed by atoms with Crippen molar-refractivity contribution >= 4 is 20.6 Å². The third-order valence-corrected chi connectivity index (χ3v) is 11.5. The molecule has 11 heavy (non-hydrogen) atoms. The summed E-state index contributed by atoms with van der Waals surface area (Å²) in [6.45, 7) is 0. The van der Waals surface area contributed by atoms with Gasteiger partial charge in [0, 0.05) is 0 Å². The Bertz CT molecular complexity index is 172. The predicted molar refractivity (Wildman–Crippen MR) is 53.9 cm³/mol. The van der Waals surface area contributed by atoms with Gasteiger partial charge in [-0.3, -0.25) is 0 Å². The van der Waals surface area contributed by atoms with E-state index >= 15 is 0 Å². The van der Waals surface area contributed by atoms with Crippen LogP contribution < -0.4 is 0 Å². The molecule has 0 unspecified atom stereocenters. The molecular weight excluding hydrogens is 218 g/mol. The molecule has 64 valence electrons. The number of hydrogen-bond donors (Lipinski definition) is 0. The predicted octanol–water partition coefficient (Wildman–Crippen LogP) is 2.82. The van der Waals surface area contributed by atoms with Crippen LogP contribution in [0.3, 0.4) is 0 Å². The van der Waals surface area contributed by atoms with E-state index in [0.29, 0.717) is 0 Å². The monoisotopic (exact) mass is 236 g/mol. The molecule has 2 heteroatoms. The van der Waals surface area contributed by atoms with Gasteiger partial charge in [-0.2, -0.15) is 0 Å². The molecule has 0 aromatic heterocycles. The van der Waals surface area contributed by atoms with Gasteiger partial charge in [0.05, 0.1) is 0 Å². The van der Waals surface area contributed by atoms with Crippen molar-refractivity contribution in [3.8, 4) is 0 Å². The SMILES string of the molecule is [Se]=P12CCCCC1CCCC2. The zero-order valence-corrected chi connectivity index (χ0v) is 9.70. The van der Waals surface area contributed by atoms with Crippen molar-refractivity contribution in [1.82, 2.24) is 0 Å². The fourth-order valence-electron chi connectivity index (χ4n) is 2.61. The molecule has 0 bridgehead atoms. The summed E-state index contributed by atoms with van der Waals surface area (Å²) in [5, 5.41) is 0. The average Bonchev–Trinajstić information content (AvgIpc) is 2.03. The summed E-state index contributed by atoms with van der Waals surface area (Å²) in [7, 11) is 0. The molecule has 0 N–H and O–H groups in total. The maximum atomic E-state index is 3.61. The molecule has 0 aromatic rings. The van der Waals surface area contributed by atoms with Crippen molar-refractivity contribution in [1.29, 1.82) is 0 Å². The molecule has 2 saturated heterocycles. The third-order valence-electron chi connectivity index (χ3n) is 3.31. The van der Waals surface area contributed by atoms with Crippen LogP contribution in [0.2, 0.25) is 0 Å². The second-order valence-electron chi connectivity index (χ2n) is 4.04. The van der Waals surface area contributed by atoms with Gasteiger partial charge in [0.2, 0.25) is 0 Å². The molecule has 2 aliphatic heterocycles. The van der Waals surface area contributed by atoms with E-state index in [4.69, 9.17) is 0 Å². The molecule has 0 saturated carbocycles. The molecule has 2 heterocycles. The van der Waals surface area contributed by atoms with Crippen LogP contribution in [0.25, 0.3) is 0 Å². The maximum absolute atomic E-state index is 3.61. The first-order chi connectivity index (χ1) is 5.31. The van der Waals surface area contributed by atoms with Crippen LogP contribution in [-0.2, 0) is 0 Å². The van der Waals surface area contributed by atoms with E-state index in [1.807, 2.05) is 0 Å². The van der Waals surface area contributed by atoms with Crippen LogP contribution in [0, 0.1) is 0 Å². The Labute approximate surface area is 77.4 Å². The molecule has 2 rings (SSSR count). The van der Waals surface area contributed by atoms with Gasteiger partial charge in [-0.15, -0.1) is 0 Å². The van der Waals surface area contributed by atoms with Gasteiger partial charge >= 0.3 is 77.1 Å². The van der Waals surface area contributed by atoms with E-state index in [1.54, 1.807) is 25.2 Å². The standard InChI is InChI=1S/C9H17PSe/c11-10-7-3-1-5-9(10)6-2-4-8-10/h9H,1-8H2. The summed E-state index contributed by atoms with van der Waals surface area (Å²) in [4.78, 5) is 0. The molecule has 0 atom stereocenters. The summed E-state index contributed by atoms with van der Waals surface area (Å²) in [6, 6.07) is 0. The van der Waals surface area contributed by atoms with Crippen molar-refractivity contribution in [2.45, 2.75) is 44.2 Å². The Morgan fingerprint density at radius 2 is 1.45 bits per heavy atom. The Hall–Kier alpha value is 0.949. The molecule has 0 radical (unpaired) electrons. The van der Waals surface area contributed by atoms with E-state index in [9.17, 15) is 0 Å². The summed E-state index contributed by atoms with van der Waals surface area (Å²) >= 11 is 3.61. The van der Waals surface area contributed by atoms with Gasteiger partial charge in [-0.05, 0) is 0 Å². The second-order valence-corrected chi connectivity index (χ2v) is 12.2. The number of hydrogen-bond acceptors (Lipinski definition) is 0. The third kappa shape index (κ3) is 1.67. The second kappa shape index (κ2) is 3.36. The summed E-state index contributed by atoms with van der Waals surface area (Å²) in [5.41, 5.74) is 0.665. The first-order valence-electron chi connectivity index (χ1n) is 4.89. The molecule has 0 nitrogen and oxygen atoms in total. The van der Waals surface area contributed by atoms with E-state index in [1.165, 1.54) is 25.7 Å². The minimum absolute atomic E-state index is 0.493. The zero-order valence-electron chi connectivity index (χ0n) is 7.09. The van der Waals surface area contributed by atoms with E-state index in [0.717, 1.165) is 5.66 Å². The first kappa shape index (κ1) is 8.54. The molecule has 0 spiro atoms. The van der Waals surface area contributed by atoms with E-state index < -0.39 is 5.51 Å². The van der Waals surface area contributed by atoms with Crippen molar-refractivity contribution in [2.75, 3.05) is 12.3 Å². The average molecular weight is 235 g/mol. The Kier molecular flexibility index (Phi) is 2.61. The van der Waals surface area contributed by atoms with Crippen LogP contribution in [-0.4, -0.2) is 33.1 Å². The van der Waals surface area contributed by atoms with Crippen molar-refractivity contribution in [3.63, 3.8) is 0 Å². The van der Waals surface area contributed by atoms with Gasteiger partial charge in [0.25, 0.3) is 0 Å². The fraction of sp³-hybridized carbons (Fsp3) is 1.00. The van der Waals surface area contributed by atoms with Gasteiger partial charge in [-0.25, -0.2) is 0 Å². The van der Waals surface area contributed by atoms with Gasteiger partial charge in [0.15, 0.2) is 0 Å². The van der Waals surface area contributed by atoms with Gasteiger partial charge in [-0.1, -0.05) is 0 Å². The normalized spacial score (nSPS) is 44.9. The Morgan fingerprint density at radius 1 is 0.909 bits per heavy atom. The van der Waals surface area contributed by atoms with Crippen LogP contribution >= 0.6 is 5.51 Å². The van der Waals surface area contributed by atoms with Crippen LogP contribution in [0.4, 0.5) is 0 Å². The van der Waals surface area contributed by atoms with Crippen molar-refractivity contribution in [2.24, 2.45) is 0 Å². The fourth-order valence-corrected chi connectivity index (χ4v) is 9.34. The topological polar surface area (TPSA) is 0 Å². The number of rotatable bonds is 0. The van der Waals surface area contributed by atoms with Crippen LogP contribution in [0.5, 0.6) is 0 Å². The first-order valence-corrected chi connectivity index (χ1v) is 9.33. The van der Waals surface area contributed by atoms with Crippen LogP contribution in [0.15, 0.2) is 0 Å². The summed E-state index contributed by atoms with van der Waals surface area (Å²) in [5.74, 6) is 0. The van der Waals surface area contributed by atoms with Crippen molar-refractivity contribution < 1.29 is 0 Å². The van der Waals surface area contributed by atoms with Gasteiger partial charge < -0.3 is 0 Å². The van der Waals surface area contributed by atoms with E-state index in [-0.39, 0.29) is 0 Å². The molecule has 0 aliphatic carbocycles.